The SMILES string of the molecule is Cc1nnc(NC2CCN(Cc3ccc(OC4CCCN(C)CC4)cc3)CC2)c2cc(Cl)ccc12.Cl.Cl.Cl. The Morgan fingerprint density at radius 3 is 2.37 bits per heavy atom. The molecule has 0 bridgehead atoms. The summed E-state index contributed by atoms with van der Waals surface area (Å²) in [7, 11) is 2.20. The molecule has 1 atom stereocenters. The van der Waals surface area contributed by atoms with Crippen LogP contribution in [0.25, 0.3) is 10.8 Å². The molecule has 6 nitrogen and oxygen atoms in total. The van der Waals surface area contributed by atoms with Crippen LogP contribution in [0, 0.1) is 6.92 Å². The van der Waals surface area contributed by atoms with E-state index in [4.69, 9.17) is 16.3 Å². The smallest absolute Gasteiger partial charge is 0.156 e. The van der Waals surface area contributed by atoms with Crippen molar-refractivity contribution in [3.8, 4) is 5.75 Å². The fourth-order valence-electron chi connectivity index (χ4n) is 5.25. The number of benzene rings is 2. The normalized spacial score (nSPS) is 19.0. The van der Waals surface area contributed by atoms with E-state index in [2.05, 4.69) is 56.6 Å². The molecule has 0 aliphatic carbocycles. The molecule has 2 saturated heterocycles. The molecule has 2 fully saturated rings. The molecule has 3 aromatic rings. The number of aryl methyl sites for hydroxylation is 1. The largest absolute Gasteiger partial charge is 0.490 e. The quantitative estimate of drug-likeness (QED) is 0.335. The van der Waals surface area contributed by atoms with Gasteiger partial charge in [0, 0.05) is 48.0 Å². The number of ether oxygens (including phenoxy) is 1. The summed E-state index contributed by atoms with van der Waals surface area (Å²) in [6.07, 6.45) is 5.96. The lowest BCUT2D eigenvalue weighted by molar-refractivity contribution is 0.183. The van der Waals surface area contributed by atoms with Gasteiger partial charge in [0.05, 0.1) is 11.8 Å². The number of anilines is 1. The zero-order valence-electron chi connectivity index (χ0n) is 22.1. The van der Waals surface area contributed by atoms with Crippen LogP contribution in [0.15, 0.2) is 42.5 Å². The standard InChI is InChI=1S/C28H36ClN5O.3ClH/c1-20-26-10-7-22(29)18-27(26)28(32-31-20)30-23-11-16-34(17-12-23)19-21-5-8-25(9-6-21)35-24-4-3-14-33(2)15-13-24;;;/h5-10,18,23-24H,3-4,11-17,19H2,1-2H3,(H,30,32);3*1H. The van der Waals surface area contributed by atoms with Gasteiger partial charge in [-0.25, -0.2) is 0 Å². The van der Waals surface area contributed by atoms with Crippen LogP contribution in [0.5, 0.6) is 5.75 Å². The van der Waals surface area contributed by atoms with E-state index in [1.54, 1.807) is 0 Å². The number of fused-ring (bicyclic) bond motifs is 1. The Hall–Kier alpha value is -1.54. The number of halogens is 4. The van der Waals surface area contributed by atoms with Crippen molar-refractivity contribution in [3.63, 3.8) is 0 Å². The van der Waals surface area contributed by atoms with Gasteiger partial charge in [0.25, 0.3) is 0 Å². The maximum atomic E-state index is 6.28. The van der Waals surface area contributed by atoms with Crippen molar-refractivity contribution in [2.45, 2.75) is 57.7 Å². The average Bonchev–Trinajstić information content (AvgIpc) is 3.07. The first kappa shape index (κ1) is 32.7. The summed E-state index contributed by atoms with van der Waals surface area (Å²) in [5.41, 5.74) is 2.27. The first-order valence-electron chi connectivity index (χ1n) is 12.9. The minimum atomic E-state index is 0. The van der Waals surface area contributed by atoms with Gasteiger partial charge in [-0.2, -0.15) is 5.10 Å². The molecule has 2 aromatic carbocycles. The lowest BCUT2D eigenvalue weighted by Crippen LogP contribution is -2.38. The van der Waals surface area contributed by atoms with E-state index >= 15 is 0 Å². The highest BCUT2D eigenvalue weighted by Crippen LogP contribution is 2.28. The Morgan fingerprint density at radius 2 is 1.63 bits per heavy atom. The highest BCUT2D eigenvalue weighted by Gasteiger charge is 2.21. The van der Waals surface area contributed by atoms with Gasteiger partial charge >= 0.3 is 0 Å². The monoisotopic (exact) mass is 601 g/mol. The van der Waals surface area contributed by atoms with E-state index in [0.717, 1.165) is 84.9 Å². The van der Waals surface area contributed by atoms with Crippen LogP contribution in [-0.4, -0.2) is 65.4 Å². The summed E-state index contributed by atoms with van der Waals surface area (Å²) < 4.78 is 6.28. The van der Waals surface area contributed by atoms with Gasteiger partial charge in [-0.15, -0.1) is 42.3 Å². The summed E-state index contributed by atoms with van der Waals surface area (Å²) in [6, 6.07) is 15.0. The first-order chi connectivity index (χ1) is 17.0. The lowest BCUT2D eigenvalue weighted by atomic mass is 10.0. The molecular weight excluding hydrogens is 564 g/mol. The first-order valence-corrected chi connectivity index (χ1v) is 13.3. The second-order valence-electron chi connectivity index (χ2n) is 10.1. The predicted molar refractivity (Wildman–Crippen MR) is 165 cm³/mol. The fraction of sp³-hybridized carbons (Fsp3) is 0.500. The van der Waals surface area contributed by atoms with E-state index in [0.29, 0.717) is 12.1 Å². The van der Waals surface area contributed by atoms with Crippen molar-refractivity contribution in [1.82, 2.24) is 20.0 Å². The Labute approximate surface area is 250 Å². The second kappa shape index (κ2) is 15.3. The van der Waals surface area contributed by atoms with Crippen LogP contribution >= 0.6 is 48.8 Å². The summed E-state index contributed by atoms with van der Waals surface area (Å²) >= 11 is 6.26. The van der Waals surface area contributed by atoms with Crippen LogP contribution in [0.3, 0.4) is 0 Å². The van der Waals surface area contributed by atoms with Crippen molar-refractivity contribution in [2.75, 3.05) is 38.5 Å². The zero-order valence-corrected chi connectivity index (χ0v) is 25.3. The third-order valence-electron chi connectivity index (χ3n) is 7.39. The van der Waals surface area contributed by atoms with Gasteiger partial charge in [0.15, 0.2) is 5.82 Å². The molecule has 10 heteroatoms. The van der Waals surface area contributed by atoms with Gasteiger partial charge in [-0.1, -0.05) is 29.8 Å². The molecule has 210 valence electrons. The third-order valence-corrected chi connectivity index (χ3v) is 7.62. The Balaban J connectivity index is 0.00000169. The average molecular weight is 603 g/mol. The van der Waals surface area contributed by atoms with Crippen molar-refractivity contribution in [2.24, 2.45) is 0 Å². The Kier molecular flexibility index (Phi) is 13.2. The van der Waals surface area contributed by atoms with E-state index in [1.165, 1.54) is 18.5 Å². The summed E-state index contributed by atoms with van der Waals surface area (Å²) in [5, 5.41) is 15.3. The number of hydrogen-bond acceptors (Lipinski definition) is 6. The maximum absolute atomic E-state index is 6.28. The Morgan fingerprint density at radius 1 is 0.895 bits per heavy atom. The molecule has 0 saturated carbocycles. The molecule has 1 aromatic heterocycles. The topological polar surface area (TPSA) is 53.5 Å². The molecule has 1 unspecified atom stereocenters. The predicted octanol–water partition coefficient (Wildman–Crippen LogP) is 6.80. The number of hydrogen-bond donors (Lipinski definition) is 1. The van der Waals surface area contributed by atoms with E-state index in [9.17, 15) is 0 Å². The molecular formula is C28H39Cl4N5O. The van der Waals surface area contributed by atoms with Crippen molar-refractivity contribution < 1.29 is 4.74 Å². The van der Waals surface area contributed by atoms with Crippen LogP contribution in [0.1, 0.15) is 43.4 Å². The van der Waals surface area contributed by atoms with Crippen LogP contribution in [0.4, 0.5) is 5.82 Å². The van der Waals surface area contributed by atoms with Gasteiger partial charge in [0.2, 0.25) is 0 Å². The summed E-state index contributed by atoms with van der Waals surface area (Å²) in [5.74, 6) is 1.83. The molecule has 0 radical (unpaired) electrons. The van der Waals surface area contributed by atoms with Gasteiger partial charge in [-0.05, 0) is 82.4 Å². The number of nitrogens with zero attached hydrogens (tertiary/aromatic N) is 4. The van der Waals surface area contributed by atoms with Gasteiger partial charge in [-0.3, -0.25) is 4.90 Å². The number of aromatic nitrogens is 2. The van der Waals surface area contributed by atoms with E-state index in [1.807, 2.05) is 25.1 Å². The highest BCUT2D eigenvalue weighted by atomic mass is 35.5. The number of nitrogens with one attached hydrogen (secondary N) is 1. The molecule has 3 heterocycles. The zero-order chi connectivity index (χ0) is 24.2. The molecule has 1 N–H and O–H groups in total. The summed E-state index contributed by atoms with van der Waals surface area (Å²) in [6.45, 7) is 7.37. The number of likely N-dealkylation sites (tertiary alicyclic amines) is 2. The van der Waals surface area contributed by atoms with E-state index < -0.39 is 0 Å². The Bertz CT molecular complexity index is 1140. The number of rotatable bonds is 6. The van der Waals surface area contributed by atoms with Gasteiger partial charge in [0.1, 0.15) is 5.75 Å². The highest BCUT2D eigenvalue weighted by molar-refractivity contribution is 6.31. The molecule has 0 spiro atoms. The van der Waals surface area contributed by atoms with Crippen molar-refractivity contribution >= 4 is 65.4 Å². The minimum Gasteiger partial charge on any atom is -0.490 e. The van der Waals surface area contributed by atoms with Crippen molar-refractivity contribution in [3.05, 3.63) is 58.7 Å². The van der Waals surface area contributed by atoms with Gasteiger partial charge < -0.3 is 15.0 Å². The fourth-order valence-corrected chi connectivity index (χ4v) is 5.42. The minimum absolute atomic E-state index is 0. The molecule has 0 amide bonds. The molecule has 38 heavy (non-hydrogen) atoms. The lowest BCUT2D eigenvalue weighted by Gasteiger charge is -2.32. The molecule has 2 aliphatic heterocycles. The van der Waals surface area contributed by atoms with Crippen LogP contribution in [-0.2, 0) is 6.54 Å². The maximum Gasteiger partial charge on any atom is 0.156 e. The van der Waals surface area contributed by atoms with E-state index in [-0.39, 0.29) is 37.2 Å². The van der Waals surface area contributed by atoms with Crippen molar-refractivity contribution in [1.29, 1.82) is 0 Å². The molecule has 2 aliphatic rings. The number of piperidine rings is 1. The third kappa shape index (κ3) is 8.48. The second-order valence-corrected chi connectivity index (χ2v) is 10.6. The summed E-state index contributed by atoms with van der Waals surface area (Å²) in [4.78, 5) is 4.93. The van der Waals surface area contributed by atoms with Crippen LogP contribution < -0.4 is 10.1 Å². The molecule has 5 rings (SSSR count). The van der Waals surface area contributed by atoms with Crippen LogP contribution in [0.2, 0.25) is 5.02 Å².